The van der Waals surface area contributed by atoms with Gasteiger partial charge in [-0.25, -0.2) is 0 Å². The molecule has 0 aliphatic carbocycles. The van der Waals surface area contributed by atoms with Gasteiger partial charge in [0.1, 0.15) is 18.6 Å². The fourth-order valence-corrected chi connectivity index (χ4v) is 3.21. The summed E-state index contributed by atoms with van der Waals surface area (Å²) in [6, 6.07) is 6.31. The Kier molecular flexibility index (Phi) is 11.9. The van der Waals surface area contributed by atoms with Crippen LogP contribution in [0.25, 0.3) is 0 Å². The Balaban J connectivity index is 2.87. The summed E-state index contributed by atoms with van der Waals surface area (Å²) >= 11 is 5.61. The van der Waals surface area contributed by atoms with Gasteiger partial charge in [-0.15, -0.1) is 0 Å². The molecule has 0 aromatic heterocycles. The van der Waals surface area contributed by atoms with Gasteiger partial charge in [-0.2, -0.15) is 24.4 Å². The average Bonchev–Trinajstić information content (AvgIpc) is 2.73. The van der Waals surface area contributed by atoms with Gasteiger partial charge in [-0.1, -0.05) is 30.3 Å². The smallest absolute Gasteiger partial charge is 0.322 e. The lowest BCUT2D eigenvalue weighted by Crippen LogP contribution is -2.57. The normalized spacial score (nSPS) is 13.6. The van der Waals surface area contributed by atoms with Crippen LogP contribution in [0.5, 0.6) is 0 Å². The van der Waals surface area contributed by atoms with Gasteiger partial charge >= 0.3 is 5.97 Å². The lowest BCUT2D eigenvalue weighted by molar-refractivity contribution is -0.138. The van der Waals surface area contributed by atoms with Crippen molar-refractivity contribution >= 4 is 48.1 Å². The number of carboxylic acids is 1. The Morgan fingerprint density at radius 3 is 2.27 bits per heavy atom. The SMILES string of the molecule is CSCC[C@H](N)C(=O)N[C@@H](Cc1ccccc1)C(=O)N[C@@H](CS)C(=O)NCC(=O)O. The molecule has 0 fully saturated rings. The molecule has 6 N–H and O–H groups in total. The summed E-state index contributed by atoms with van der Waals surface area (Å²) in [7, 11) is 0. The number of aliphatic carboxylic acids is 1. The maximum Gasteiger partial charge on any atom is 0.322 e. The number of amides is 3. The van der Waals surface area contributed by atoms with Crippen LogP contribution in [0.2, 0.25) is 0 Å². The highest BCUT2D eigenvalue weighted by molar-refractivity contribution is 7.98. The fraction of sp³-hybridized carbons (Fsp3) is 0.474. The molecule has 0 unspecified atom stereocenters. The predicted molar refractivity (Wildman–Crippen MR) is 119 cm³/mol. The molecule has 0 radical (unpaired) electrons. The van der Waals surface area contributed by atoms with Crippen molar-refractivity contribution in [2.24, 2.45) is 5.73 Å². The van der Waals surface area contributed by atoms with Crippen LogP contribution in [0.3, 0.4) is 0 Å². The highest BCUT2D eigenvalue weighted by Crippen LogP contribution is 2.06. The lowest BCUT2D eigenvalue weighted by atomic mass is 10.0. The minimum atomic E-state index is -1.21. The van der Waals surface area contributed by atoms with E-state index in [0.29, 0.717) is 12.2 Å². The Labute approximate surface area is 185 Å². The van der Waals surface area contributed by atoms with Crippen molar-refractivity contribution in [3.05, 3.63) is 35.9 Å². The molecule has 1 aromatic carbocycles. The van der Waals surface area contributed by atoms with Crippen LogP contribution in [0.1, 0.15) is 12.0 Å². The van der Waals surface area contributed by atoms with E-state index in [2.05, 4.69) is 28.6 Å². The lowest BCUT2D eigenvalue weighted by Gasteiger charge is -2.23. The largest absolute Gasteiger partial charge is 0.480 e. The summed E-state index contributed by atoms with van der Waals surface area (Å²) in [5.41, 5.74) is 6.71. The van der Waals surface area contributed by atoms with Crippen LogP contribution in [-0.2, 0) is 25.6 Å². The number of nitrogens with one attached hydrogen (secondary N) is 3. The molecular formula is C19H28N4O5S2. The summed E-state index contributed by atoms with van der Waals surface area (Å²) in [6.45, 7) is -0.576. The van der Waals surface area contributed by atoms with E-state index in [9.17, 15) is 19.2 Å². The maximum atomic E-state index is 12.8. The van der Waals surface area contributed by atoms with Gasteiger partial charge in [-0.05, 0) is 24.0 Å². The van der Waals surface area contributed by atoms with E-state index in [1.807, 2.05) is 36.6 Å². The number of thiol groups is 1. The van der Waals surface area contributed by atoms with Gasteiger partial charge in [0.15, 0.2) is 0 Å². The standard InChI is InChI=1S/C19H28N4O5S2/c1-30-8-7-13(20)17(26)22-14(9-12-5-3-2-4-6-12)19(28)23-15(11-29)18(27)21-10-16(24)25/h2-6,13-15,29H,7-11,20H2,1H3,(H,21,27)(H,22,26)(H,23,28)(H,24,25)/t13-,14-,15-/m0/s1. The molecule has 11 heteroatoms. The van der Waals surface area contributed by atoms with Crippen LogP contribution in [0.4, 0.5) is 0 Å². The molecule has 30 heavy (non-hydrogen) atoms. The van der Waals surface area contributed by atoms with Crippen molar-refractivity contribution in [2.45, 2.75) is 31.0 Å². The molecular weight excluding hydrogens is 428 g/mol. The number of carbonyl (C=O) groups is 4. The molecule has 0 saturated heterocycles. The van der Waals surface area contributed by atoms with Crippen molar-refractivity contribution in [3.63, 3.8) is 0 Å². The summed E-state index contributed by atoms with van der Waals surface area (Å²) in [5, 5.41) is 16.1. The van der Waals surface area contributed by atoms with Gasteiger partial charge in [0.25, 0.3) is 0 Å². The van der Waals surface area contributed by atoms with Crippen LogP contribution in [0.15, 0.2) is 30.3 Å². The Morgan fingerprint density at radius 1 is 1.07 bits per heavy atom. The van der Waals surface area contributed by atoms with E-state index >= 15 is 0 Å². The summed E-state index contributed by atoms with van der Waals surface area (Å²) in [4.78, 5) is 48.0. The molecule has 3 amide bonds. The summed E-state index contributed by atoms with van der Waals surface area (Å²) in [5.74, 6) is -2.28. The molecule has 1 rings (SSSR count). The van der Waals surface area contributed by atoms with Crippen LogP contribution in [0, 0.1) is 0 Å². The molecule has 0 heterocycles. The number of rotatable bonds is 13. The molecule has 0 saturated carbocycles. The average molecular weight is 457 g/mol. The molecule has 9 nitrogen and oxygen atoms in total. The molecule has 3 atom stereocenters. The number of carboxylic acid groups (broad SMARTS) is 1. The number of hydrogen-bond acceptors (Lipinski definition) is 7. The number of benzene rings is 1. The predicted octanol–water partition coefficient (Wildman–Crippen LogP) is -0.590. The number of carbonyl (C=O) groups excluding carboxylic acids is 3. The minimum absolute atomic E-state index is 0.0452. The van der Waals surface area contributed by atoms with Crippen molar-refractivity contribution in [1.29, 1.82) is 0 Å². The number of thioether (sulfide) groups is 1. The van der Waals surface area contributed by atoms with Crippen LogP contribution in [-0.4, -0.2) is 71.2 Å². The quantitative estimate of drug-likeness (QED) is 0.217. The number of nitrogens with two attached hydrogens (primary N) is 1. The first kappa shape index (κ1) is 25.8. The number of hydrogen-bond donors (Lipinski definition) is 6. The molecule has 0 spiro atoms. The monoisotopic (exact) mass is 456 g/mol. The molecule has 1 aromatic rings. The second-order valence-corrected chi connectivity index (χ2v) is 7.84. The molecule has 166 valence electrons. The third-order valence-corrected chi connectivity index (χ3v) is 5.12. The Morgan fingerprint density at radius 2 is 1.70 bits per heavy atom. The maximum absolute atomic E-state index is 12.8. The zero-order valence-electron chi connectivity index (χ0n) is 16.7. The van der Waals surface area contributed by atoms with E-state index in [1.165, 1.54) is 0 Å². The van der Waals surface area contributed by atoms with Crippen LogP contribution >= 0.6 is 24.4 Å². The van der Waals surface area contributed by atoms with Gasteiger partial charge in [0.2, 0.25) is 17.7 Å². The zero-order valence-corrected chi connectivity index (χ0v) is 18.4. The van der Waals surface area contributed by atoms with Gasteiger partial charge < -0.3 is 26.8 Å². The Bertz CT molecular complexity index is 720. The van der Waals surface area contributed by atoms with Crippen molar-refractivity contribution in [3.8, 4) is 0 Å². The van der Waals surface area contributed by atoms with E-state index in [-0.39, 0.29) is 12.2 Å². The van der Waals surface area contributed by atoms with Crippen molar-refractivity contribution in [1.82, 2.24) is 16.0 Å². The van der Waals surface area contributed by atoms with Gasteiger partial charge in [-0.3, -0.25) is 19.2 Å². The molecule has 0 bridgehead atoms. The minimum Gasteiger partial charge on any atom is -0.480 e. The van der Waals surface area contributed by atoms with Crippen molar-refractivity contribution in [2.75, 3.05) is 24.3 Å². The van der Waals surface area contributed by atoms with E-state index in [1.54, 1.807) is 11.8 Å². The van der Waals surface area contributed by atoms with Crippen LogP contribution < -0.4 is 21.7 Å². The third kappa shape index (κ3) is 9.51. The zero-order chi connectivity index (χ0) is 22.5. The highest BCUT2D eigenvalue weighted by Gasteiger charge is 2.27. The van der Waals surface area contributed by atoms with E-state index in [0.717, 1.165) is 5.56 Å². The molecule has 0 aliphatic heterocycles. The molecule has 0 aliphatic rings. The summed E-state index contributed by atoms with van der Waals surface area (Å²) in [6.07, 6.45) is 2.57. The second kappa shape index (κ2) is 13.9. The van der Waals surface area contributed by atoms with Crippen molar-refractivity contribution < 1.29 is 24.3 Å². The second-order valence-electron chi connectivity index (χ2n) is 6.49. The first-order valence-corrected chi connectivity index (χ1v) is 11.3. The van der Waals surface area contributed by atoms with Gasteiger partial charge in [0, 0.05) is 12.2 Å². The van der Waals surface area contributed by atoms with E-state index in [4.69, 9.17) is 10.8 Å². The topological polar surface area (TPSA) is 151 Å². The third-order valence-electron chi connectivity index (χ3n) is 4.11. The highest BCUT2D eigenvalue weighted by atomic mass is 32.2. The van der Waals surface area contributed by atoms with Gasteiger partial charge in [0.05, 0.1) is 6.04 Å². The van der Waals surface area contributed by atoms with E-state index < -0.39 is 48.4 Å². The first-order chi connectivity index (χ1) is 14.3. The summed E-state index contributed by atoms with van der Waals surface area (Å²) < 4.78 is 0. The Hall–Kier alpha value is -2.24. The first-order valence-electron chi connectivity index (χ1n) is 9.28. The fourth-order valence-electron chi connectivity index (χ4n) is 2.47.